The molecule has 0 radical (unpaired) electrons. The quantitative estimate of drug-likeness (QED) is 0.862. The minimum atomic E-state index is -0.488. The number of hydrogen-bond acceptors (Lipinski definition) is 4. The lowest BCUT2D eigenvalue weighted by Crippen LogP contribution is -2.13. The number of amides is 1. The zero-order valence-corrected chi connectivity index (χ0v) is 11.8. The van der Waals surface area contributed by atoms with Crippen LogP contribution >= 0.6 is 0 Å². The summed E-state index contributed by atoms with van der Waals surface area (Å²) in [5.74, 6) is -0.738. The summed E-state index contributed by atoms with van der Waals surface area (Å²) in [5.41, 5.74) is 0.909. The van der Waals surface area contributed by atoms with Crippen molar-refractivity contribution >= 4 is 17.6 Å². The highest BCUT2D eigenvalue weighted by molar-refractivity contribution is 6.04. The van der Waals surface area contributed by atoms with Crippen LogP contribution in [0.2, 0.25) is 0 Å². The summed E-state index contributed by atoms with van der Waals surface area (Å²) in [7, 11) is 1.27. The lowest BCUT2D eigenvalue weighted by Gasteiger charge is -2.07. The van der Waals surface area contributed by atoms with Crippen LogP contribution in [0.1, 0.15) is 10.4 Å². The Morgan fingerprint density at radius 3 is 2.27 bits per heavy atom. The van der Waals surface area contributed by atoms with Gasteiger partial charge in [0, 0.05) is 11.3 Å². The Labute approximate surface area is 126 Å². The first kappa shape index (κ1) is 15.5. The van der Waals surface area contributed by atoms with Crippen LogP contribution in [0.5, 0.6) is 5.75 Å². The molecule has 0 bridgehead atoms. The third kappa shape index (κ3) is 4.31. The molecule has 0 unspecified atom stereocenters. The monoisotopic (exact) mass is 303 g/mol. The molecule has 22 heavy (non-hydrogen) atoms. The van der Waals surface area contributed by atoms with Crippen molar-refractivity contribution in [2.75, 3.05) is 19.0 Å². The van der Waals surface area contributed by atoms with Crippen LogP contribution < -0.4 is 10.1 Å². The van der Waals surface area contributed by atoms with E-state index < -0.39 is 5.97 Å². The van der Waals surface area contributed by atoms with Crippen LogP contribution in [0, 0.1) is 5.82 Å². The van der Waals surface area contributed by atoms with E-state index in [1.165, 1.54) is 31.4 Å². The standard InChI is InChI=1S/C16H14FNO4/c1-21-15(19)10-22-14-8-2-11(3-9-14)16(20)18-13-6-4-12(17)5-7-13/h2-9H,10H2,1H3,(H,18,20). The predicted molar refractivity (Wildman–Crippen MR) is 78.3 cm³/mol. The molecular formula is C16H14FNO4. The molecule has 5 nitrogen and oxygen atoms in total. The van der Waals surface area contributed by atoms with Crippen molar-refractivity contribution in [3.8, 4) is 5.75 Å². The maximum Gasteiger partial charge on any atom is 0.343 e. The molecule has 0 atom stereocenters. The van der Waals surface area contributed by atoms with Crippen molar-refractivity contribution in [2.45, 2.75) is 0 Å². The molecule has 0 fully saturated rings. The van der Waals surface area contributed by atoms with Gasteiger partial charge in [-0.05, 0) is 48.5 Å². The maximum atomic E-state index is 12.8. The van der Waals surface area contributed by atoms with Gasteiger partial charge < -0.3 is 14.8 Å². The minimum absolute atomic E-state index is 0.197. The zero-order chi connectivity index (χ0) is 15.9. The second-order valence-electron chi connectivity index (χ2n) is 4.35. The largest absolute Gasteiger partial charge is 0.482 e. The molecule has 6 heteroatoms. The number of carbonyl (C=O) groups is 2. The Bertz CT molecular complexity index is 653. The van der Waals surface area contributed by atoms with Gasteiger partial charge >= 0.3 is 5.97 Å². The molecule has 0 aliphatic carbocycles. The van der Waals surface area contributed by atoms with Crippen molar-refractivity contribution < 1.29 is 23.5 Å². The zero-order valence-electron chi connectivity index (χ0n) is 11.8. The van der Waals surface area contributed by atoms with Gasteiger partial charge in [0.05, 0.1) is 7.11 Å². The Hall–Kier alpha value is -2.89. The first-order valence-corrected chi connectivity index (χ1v) is 6.45. The molecule has 2 aromatic carbocycles. The molecule has 1 amide bonds. The minimum Gasteiger partial charge on any atom is -0.482 e. The Morgan fingerprint density at radius 2 is 1.68 bits per heavy atom. The second-order valence-corrected chi connectivity index (χ2v) is 4.35. The summed E-state index contributed by atoms with van der Waals surface area (Å²) in [6, 6.07) is 11.7. The number of esters is 1. The number of hydrogen-bond donors (Lipinski definition) is 1. The SMILES string of the molecule is COC(=O)COc1ccc(C(=O)Nc2ccc(F)cc2)cc1. The van der Waals surface area contributed by atoms with Gasteiger partial charge in [0.25, 0.3) is 5.91 Å². The molecule has 1 N–H and O–H groups in total. The van der Waals surface area contributed by atoms with E-state index in [9.17, 15) is 14.0 Å². The van der Waals surface area contributed by atoms with Gasteiger partial charge in [0.15, 0.2) is 6.61 Å². The van der Waals surface area contributed by atoms with Crippen LogP contribution in [-0.4, -0.2) is 25.6 Å². The molecule has 0 spiro atoms. The first-order chi connectivity index (χ1) is 10.6. The van der Waals surface area contributed by atoms with Crippen molar-refractivity contribution in [3.63, 3.8) is 0 Å². The number of anilines is 1. The predicted octanol–water partition coefficient (Wildman–Crippen LogP) is 2.63. The number of halogens is 1. The fourth-order valence-electron chi connectivity index (χ4n) is 1.64. The second kappa shape index (κ2) is 7.21. The van der Waals surface area contributed by atoms with Crippen LogP contribution in [0.25, 0.3) is 0 Å². The topological polar surface area (TPSA) is 64.6 Å². The number of rotatable bonds is 5. The van der Waals surface area contributed by atoms with Crippen LogP contribution in [0.4, 0.5) is 10.1 Å². The van der Waals surface area contributed by atoms with E-state index in [1.807, 2.05) is 0 Å². The lowest BCUT2D eigenvalue weighted by atomic mass is 10.2. The van der Waals surface area contributed by atoms with Crippen molar-refractivity contribution in [2.24, 2.45) is 0 Å². The summed E-state index contributed by atoms with van der Waals surface area (Å²) < 4.78 is 22.4. The average molecular weight is 303 g/mol. The third-order valence-electron chi connectivity index (χ3n) is 2.80. The van der Waals surface area contributed by atoms with Gasteiger partial charge in [0.2, 0.25) is 0 Å². The molecular weight excluding hydrogens is 289 g/mol. The van der Waals surface area contributed by atoms with E-state index in [1.54, 1.807) is 24.3 Å². The summed E-state index contributed by atoms with van der Waals surface area (Å²) >= 11 is 0. The number of carbonyl (C=O) groups excluding carboxylic acids is 2. The number of benzene rings is 2. The van der Waals surface area contributed by atoms with Crippen LogP contribution in [0.15, 0.2) is 48.5 Å². The van der Waals surface area contributed by atoms with E-state index in [-0.39, 0.29) is 18.3 Å². The van der Waals surface area contributed by atoms with Gasteiger partial charge in [-0.25, -0.2) is 9.18 Å². The van der Waals surface area contributed by atoms with E-state index >= 15 is 0 Å². The molecule has 0 saturated heterocycles. The van der Waals surface area contributed by atoms with E-state index in [0.29, 0.717) is 17.0 Å². The van der Waals surface area contributed by atoms with E-state index in [2.05, 4.69) is 10.1 Å². The third-order valence-corrected chi connectivity index (χ3v) is 2.80. The number of ether oxygens (including phenoxy) is 2. The Kier molecular flexibility index (Phi) is 5.08. The number of methoxy groups -OCH3 is 1. The van der Waals surface area contributed by atoms with Gasteiger partial charge in [-0.3, -0.25) is 4.79 Å². The van der Waals surface area contributed by atoms with Gasteiger partial charge in [-0.2, -0.15) is 0 Å². The highest BCUT2D eigenvalue weighted by Crippen LogP contribution is 2.14. The number of nitrogens with one attached hydrogen (secondary N) is 1. The molecule has 114 valence electrons. The molecule has 0 aliphatic rings. The van der Waals surface area contributed by atoms with Crippen molar-refractivity contribution in [3.05, 3.63) is 59.9 Å². The summed E-state index contributed by atoms with van der Waals surface area (Å²) in [4.78, 5) is 23.0. The highest BCUT2D eigenvalue weighted by atomic mass is 19.1. The Balaban J connectivity index is 1.96. The van der Waals surface area contributed by atoms with E-state index in [4.69, 9.17) is 4.74 Å². The highest BCUT2D eigenvalue weighted by Gasteiger charge is 2.07. The van der Waals surface area contributed by atoms with Crippen molar-refractivity contribution in [1.29, 1.82) is 0 Å². The molecule has 2 aromatic rings. The van der Waals surface area contributed by atoms with Gasteiger partial charge in [-0.15, -0.1) is 0 Å². The molecule has 0 saturated carbocycles. The fourth-order valence-corrected chi connectivity index (χ4v) is 1.64. The maximum absolute atomic E-state index is 12.8. The molecule has 0 aliphatic heterocycles. The normalized spacial score (nSPS) is 9.91. The van der Waals surface area contributed by atoms with Crippen LogP contribution in [0.3, 0.4) is 0 Å². The van der Waals surface area contributed by atoms with Gasteiger partial charge in [-0.1, -0.05) is 0 Å². The molecule has 0 aromatic heterocycles. The molecule has 2 rings (SSSR count). The lowest BCUT2D eigenvalue weighted by molar-refractivity contribution is -0.142. The average Bonchev–Trinajstić information content (AvgIpc) is 2.55. The van der Waals surface area contributed by atoms with Crippen LogP contribution in [-0.2, 0) is 9.53 Å². The molecule has 0 heterocycles. The smallest absolute Gasteiger partial charge is 0.343 e. The summed E-state index contributed by atoms with van der Waals surface area (Å²) in [6.07, 6.45) is 0. The summed E-state index contributed by atoms with van der Waals surface area (Å²) in [5, 5.41) is 2.64. The summed E-state index contributed by atoms with van der Waals surface area (Å²) in [6.45, 7) is -0.197. The van der Waals surface area contributed by atoms with Crippen molar-refractivity contribution in [1.82, 2.24) is 0 Å². The van der Waals surface area contributed by atoms with E-state index in [0.717, 1.165) is 0 Å². The van der Waals surface area contributed by atoms with Gasteiger partial charge in [0.1, 0.15) is 11.6 Å². The first-order valence-electron chi connectivity index (χ1n) is 6.45. The fraction of sp³-hybridized carbons (Fsp3) is 0.125. The Morgan fingerprint density at radius 1 is 1.05 bits per heavy atom.